The zero-order valence-corrected chi connectivity index (χ0v) is 14.9. The maximum atomic E-state index is 4.51. The fourth-order valence-corrected chi connectivity index (χ4v) is 5.37. The molecule has 23 heavy (non-hydrogen) atoms. The van der Waals surface area contributed by atoms with Gasteiger partial charge in [-0.1, -0.05) is 13.3 Å². The Morgan fingerprint density at radius 2 is 2.17 bits per heavy atom. The summed E-state index contributed by atoms with van der Waals surface area (Å²) in [5, 5.41) is 1.13. The van der Waals surface area contributed by atoms with Gasteiger partial charge < -0.3 is 9.88 Å². The van der Waals surface area contributed by atoms with Crippen LogP contribution in [0.15, 0.2) is 18.6 Å². The third-order valence-corrected chi connectivity index (χ3v) is 7.40. The van der Waals surface area contributed by atoms with Crippen LogP contribution in [0, 0.1) is 11.3 Å². The zero-order chi connectivity index (χ0) is 15.9. The molecule has 2 fully saturated rings. The average molecular weight is 331 g/mol. The SMILES string of the molecule is CN(c1ncnc2[nH]ccc12)[C@H]1C[C@@H](CSCC2(C)CCC2)C1. The smallest absolute Gasteiger partial charge is 0.142 e. The van der Waals surface area contributed by atoms with Gasteiger partial charge in [-0.2, -0.15) is 11.8 Å². The van der Waals surface area contributed by atoms with Crippen molar-refractivity contribution in [3.63, 3.8) is 0 Å². The molecule has 0 amide bonds. The summed E-state index contributed by atoms with van der Waals surface area (Å²) < 4.78 is 0. The average Bonchev–Trinajstić information content (AvgIpc) is 2.95. The predicted molar refractivity (Wildman–Crippen MR) is 98.1 cm³/mol. The maximum absolute atomic E-state index is 4.51. The Labute approximate surface area is 142 Å². The third-order valence-electron chi connectivity index (χ3n) is 5.79. The summed E-state index contributed by atoms with van der Waals surface area (Å²) in [6, 6.07) is 2.71. The summed E-state index contributed by atoms with van der Waals surface area (Å²) in [6.07, 6.45) is 10.5. The second kappa shape index (κ2) is 6.00. The van der Waals surface area contributed by atoms with Gasteiger partial charge >= 0.3 is 0 Å². The summed E-state index contributed by atoms with van der Waals surface area (Å²) in [7, 11) is 2.18. The highest BCUT2D eigenvalue weighted by Gasteiger charge is 2.35. The normalized spacial score (nSPS) is 25.8. The van der Waals surface area contributed by atoms with Crippen LogP contribution in [-0.2, 0) is 0 Å². The van der Waals surface area contributed by atoms with E-state index in [1.165, 1.54) is 43.6 Å². The topological polar surface area (TPSA) is 44.8 Å². The molecule has 0 aliphatic heterocycles. The van der Waals surface area contributed by atoms with E-state index in [-0.39, 0.29) is 0 Å². The highest BCUT2D eigenvalue weighted by atomic mass is 32.2. The molecule has 4 nitrogen and oxygen atoms in total. The molecule has 4 rings (SSSR count). The van der Waals surface area contributed by atoms with Crippen molar-refractivity contribution in [2.45, 2.75) is 45.1 Å². The first-order valence-corrected chi connectivity index (χ1v) is 9.89. The Bertz CT molecular complexity index is 672. The summed E-state index contributed by atoms with van der Waals surface area (Å²) in [4.78, 5) is 14.3. The minimum atomic E-state index is 0.632. The Hall–Kier alpha value is -1.23. The molecule has 2 aromatic heterocycles. The van der Waals surface area contributed by atoms with E-state index in [2.05, 4.69) is 51.7 Å². The second-order valence-corrected chi connectivity index (χ2v) is 8.75. The molecule has 0 unspecified atom stereocenters. The van der Waals surface area contributed by atoms with Crippen LogP contribution >= 0.6 is 11.8 Å². The van der Waals surface area contributed by atoms with E-state index >= 15 is 0 Å². The number of aromatic nitrogens is 3. The van der Waals surface area contributed by atoms with Crippen LogP contribution < -0.4 is 4.90 Å². The van der Waals surface area contributed by atoms with Gasteiger partial charge in [-0.3, -0.25) is 0 Å². The van der Waals surface area contributed by atoms with Crippen LogP contribution in [0.1, 0.15) is 39.0 Å². The van der Waals surface area contributed by atoms with Crippen molar-refractivity contribution in [1.82, 2.24) is 15.0 Å². The van der Waals surface area contributed by atoms with E-state index in [4.69, 9.17) is 0 Å². The largest absolute Gasteiger partial charge is 0.356 e. The summed E-state index contributed by atoms with van der Waals surface area (Å²) >= 11 is 2.18. The van der Waals surface area contributed by atoms with Gasteiger partial charge in [0.05, 0.1) is 5.39 Å². The molecule has 2 heterocycles. The molecule has 0 atom stereocenters. The number of rotatable bonds is 6. The first-order valence-electron chi connectivity index (χ1n) is 8.73. The highest BCUT2D eigenvalue weighted by Crippen LogP contribution is 2.44. The third kappa shape index (κ3) is 2.95. The minimum Gasteiger partial charge on any atom is -0.356 e. The molecule has 124 valence electrons. The monoisotopic (exact) mass is 330 g/mol. The Morgan fingerprint density at radius 3 is 2.91 bits per heavy atom. The molecular formula is C18H26N4S. The zero-order valence-electron chi connectivity index (χ0n) is 14.1. The Balaban J connectivity index is 1.28. The lowest BCUT2D eigenvalue weighted by atomic mass is 9.72. The quantitative estimate of drug-likeness (QED) is 0.866. The number of thioether (sulfide) groups is 1. The van der Waals surface area contributed by atoms with E-state index in [0.717, 1.165) is 22.8 Å². The summed E-state index contributed by atoms with van der Waals surface area (Å²) in [5.74, 6) is 4.65. The van der Waals surface area contributed by atoms with E-state index < -0.39 is 0 Å². The van der Waals surface area contributed by atoms with E-state index in [1.807, 2.05) is 6.20 Å². The van der Waals surface area contributed by atoms with Crippen LogP contribution in [0.4, 0.5) is 5.82 Å². The van der Waals surface area contributed by atoms with Crippen molar-refractivity contribution in [2.75, 3.05) is 23.5 Å². The van der Waals surface area contributed by atoms with Gasteiger partial charge in [-0.25, -0.2) is 9.97 Å². The molecule has 0 bridgehead atoms. The highest BCUT2D eigenvalue weighted by molar-refractivity contribution is 7.99. The Morgan fingerprint density at radius 1 is 1.35 bits per heavy atom. The molecule has 2 aromatic rings. The minimum absolute atomic E-state index is 0.632. The number of aromatic amines is 1. The lowest BCUT2D eigenvalue weighted by Crippen LogP contribution is -2.44. The molecular weight excluding hydrogens is 304 g/mol. The van der Waals surface area contributed by atoms with Gasteiger partial charge in [0.25, 0.3) is 0 Å². The van der Waals surface area contributed by atoms with Crippen molar-refractivity contribution in [1.29, 1.82) is 0 Å². The van der Waals surface area contributed by atoms with Crippen molar-refractivity contribution < 1.29 is 0 Å². The van der Waals surface area contributed by atoms with Gasteiger partial charge in [-0.15, -0.1) is 0 Å². The van der Waals surface area contributed by atoms with Gasteiger partial charge in [0.1, 0.15) is 17.8 Å². The molecule has 2 aliphatic rings. The molecule has 0 saturated heterocycles. The molecule has 2 saturated carbocycles. The van der Waals surface area contributed by atoms with E-state index in [9.17, 15) is 0 Å². The van der Waals surface area contributed by atoms with E-state index in [1.54, 1.807) is 6.33 Å². The van der Waals surface area contributed by atoms with Gasteiger partial charge in [0.2, 0.25) is 0 Å². The van der Waals surface area contributed by atoms with Gasteiger partial charge in [0, 0.05) is 19.3 Å². The predicted octanol–water partition coefficient (Wildman–Crippen LogP) is 4.10. The van der Waals surface area contributed by atoms with Crippen LogP contribution in [0.2, 0.25) is 0 Å². The lowest BCUT2D eigenvalue weighted by molar-refractivity contribution is 0.197. The van der Waals surface area contributed by atoms with Crippen LogP contribution in [0.25, 0.3) is 11.0 Å². The number of hydrogen-bond donors (Lipinski definition) is 1. The maximum Gasteiger partial charge on any atom is 0.142 e. The molecule has 0 spiro atoms. The number of anilines is 1. The van der Waals surface area contributed by atoms with Crippen molar-refractivity contribution in [3.8, 4) is 0 Å². The number of hydrogen-bond acceptors (Lipinski definition) is 4. The van der Waals surface area contributed by atoms with Crippen molar-refractivity contribution >= 4 is 28.6 Å². The van der Waals surface area contributed by atoms with Gasteiger partial charge in [-0.05, 0) is 54.6 Å². The Kier molecular flexibility index (Phi) is 4.00. The number of H-pyrrole nitrogens is 1. The fourth-order valence-electron chi connectivity index (χ4n) is 3.86. The molecule has 1 N–H and O–H groups in total. The van der Waals surface area contributed by atoms with Crippen LogP contribution in [0.5, 0.6) is 0 Å². The van der Waals surface area contributed by atoms with Crippen molar-refractivity contribution in [3.05, 3.63) is 18.6 Å². The van der Waals surface area contributed by atoms with Crippen LogP contribution in [0.3, 0.4) is 0 Å². The standard InChI is InChI=1S/C18H26N4S/c1-18(5-3-6-18)11-23-10-13-8-14(9-13)22(2)17-15-4-7-19-16(15)20-12-21-17/h4,7,12-14H,3,5-6,8-11H2,1-2H3,(H,19,20,21)/t13-,14+. The lowest BCUT2D eigenvalue weighted by Gasteiger charge is -2.43. The first kappa shape index (κ1) is 15.3. The molecule has 2 aliphatic carbocycles. The molecule has 0 radical (unpaired) electrons. The number of nitrogens with one attached hydrogen (secondary N) is 1. The van der Waals surface area contributed by atoms with Crippen molar-refractivity contribution in [2.24, 2.45) is 11.3 Å². The summed E-state index contributed by atoms with van der Waals surface area (Å²) in [6.45, 7) is 2.46. The van der Waals surface area contributed by atoms with Crippen LogP contribution in [-0.4, -0.2) is 39.5 Å². The van der Waals surface area contributed by atoms with Gasteiger partial charge in [0.15, 0.2) is 0 Å². The fraction of sp³-hybridized carbons (Fsp3) is 0.667. The number of fused-ring (bicyclic) bond motifs is 1. The van der Waals surface area contributed by atoms with E-state index in [0.29, 0.717) is 11.5 Å². The second-order valence-electron chi connectivity index (χ2n) is 7.72. The molecule has 5 heteroatoms. The molecule has 0 aromatic carbocycles. The number of nitrogens with zero attached hydrogens (tertiary/aromatic N) is 3. The first-order chi connectivity index (χ1) is 11.1. The summed E-state index contributed by atoms with van der Waals surface area (Å²) in [5.41, 5.74) is 1.59.